The molecule has 158 valence electrons. The lowest BCUT2D eigenvalue weighted by Gasteiger charge is -2.22. The fraction of sp³-hybridized carbons (Fsp3) is 0.350. The van der Waals surface area contributed by atoms with Gasteiger partial charge in [-0.2, -0.15) is 0 Å². The molecule has 2 aromatic rings. The molecule has 0 heterocycles. The van der Waals surface area contributed by atoms with E-state index in [1.165, 1.54) is 55.5 Å². The summed E-state index contributed by atoms with van der Waals surface area (Å²) in [6, 6.07) is 8.38. The molecule has 0 spiro atoms. The van der Waals surface area contributed by atoms with Crippen LogP contribution in [0, 0.1) is 5.82 Å². The number of halogens is 2. The van der Waals surface area contributed by atoms with E-state index in [4.69, 9.17) is 16.3 Å². The molecule has 0 atom stereocenters. The molecule has 0 aliphatic carbocycles. The van der Waals surface area contributed by atoms with Gasteiger partial charge >= 0.3 is 0 Å². The lowest BCUT2D eigenvalue weighted by Crippen LogP contribution is -2.40. The SMILES string of the molecule is COc1ccc(C(=O)N(C)Cc2c(F)cccc2Cl)cc1S(=O)(=O)NC(C)(C)C. The van der Waals surface area contributed by atoms with Gasteiger partial charge in [0.1, 0.15) is 16.5 Å². The van der Waals surface area contributed by atoms with Crippen LogP contribution in [0.5, 0.6) is 5.75 Å². The molecule has 6 nitrogen and oxygen atoms in total. The van der Waals surface area contributed by atoms with E-state index in [1.807, 2.05) is 0 Å². The van der Waals surface area contributed by atoms with Crippen molar-refractivity contribution in [2.45, 2.75) is 37.8 Å². The van der Waals surface area contributed by atoms with Crippen molar-refractivity contribution in [1.82, 2.24) is 9.62 Å². The molecule has 0 saturated heterocycles. The van der Waals surface area contributed by atoms with E-state index in [2.05, 4.69) is 4.72 Å². The molecule has 2 aromatic carbocycles. The minimum absolute atomic E-state index is 0.0707. The van der Waals surface area contributed by atoms with Crippen molar-refractivity contribution >= 4 is 27.5 Å². The highest BCUT2D eigenvalue weighted by atomic mass is 35.5. The van der Waals surface area contributed by atoms with Gasteiger partial charge in [-0.3, -0.25) is 4.79 Å². The van der Waals surface area contributed by atoms with Gasteiger partial charge in [0.25, 0.3) is 5.91 Å². The number of ether oxygens (including phenoxy) is 1. The van der Waals surface area contributed by atoms with Gasteiger partial charge in [0.2, 0.25) is 10.0 Å². The van der Waals surface area contributed by atoms with Crippen LogP contribution >= 0.6 is 11.6 Å². The number of carbonyl (C=O) groups excluding carboxylic acids is 1. The number of sulfonamides is 1. The van der Waals surface area contributed by atoms with Gasteiger partial charge in [0.05, 0.1) is 7.11 Å². The molecule has 0 fully saturated rings. The zero-order valence-electron chi connectivity index (χ0n) is 16.9. The van der Waals surface area contributed by atoms with E-state index in [-0.39, 0.29) is 33.3 Å². The minimum Gasteiger partial charge on any atom is -0.495 e. The lowest BCUT2D eigenvalue weighted by atomic mass is 10.1. The van der Waals surface area contributed by atoms with Crippen LogP contribution in [-0.4, -0.2) is 38.9 Å². The summed E-state index contributed by atoms with van der Waals surface area (Å²) >= 11 is 6.03. The zero-order chi connectivity index (χ0) is 22.0. The summed E-state index contributed by atoms with van der Waals surface area (Å²) < 4.78 is 47.3. The zero-order valence-corrected chi connectivity index (χ0v) is 18.5. The molecular weight excluding hydrogens is 419 g/mol. The van der Waals surface area contributed by atoms with Crippen molar-refractivity contribution in [3.05, 3.63) is 58.4 Å². The second-order valence-electron chi connectivity index (χ2n) is 7.58. The molecule has 0 bridgehead atoms. The number of carbonyl (C=O) groups is 1. The molecule has 9 heteroatoms. The molecule has 0 saturated carbocycles. The van der Waals surface area contributed by atoms with Crippen molar-refractivity contribution in [2.75, 3.05) is 14.2 Å². The first kappa shape index (κ1) is 23.1. The second kappa shape index (κ2) is 8.69. The second-order valence-corrected chi connectivity index (χ2v) is 9.64. The molecule has 2 rings (SSSR count). The van der Waals surface area contributed by atoms with Crippen LogP contribution in [0.25, 0.3) is 0 Å². The summed E-state index contributed by atoms with van der Waals surface area (Å²) in [7, 11) is -1.11. The highest BCUT2D eigenvalue weighted by Gasteiger charge is 2.27. The van der Waals surface area contributed by atoms with E-state index in [0.29, 0.717) is 0 Å². The maximum Gasteiger partial charge on any atom is 0.253 e. The third-order valence-corrected chi connectivity index (χ3v) is 6.08. The highest BCUT2D eigenvalue weighted by Crippen LogP contribution is 2.27. The Bertz CT molecular complexity index is 999. The van der Waals surface area contributed by atoms with E-state index in [0.717, 1.165) is 0 Å². The quantitative estimate of drug-likeness (QED) is 0.737. The van der Waals surface area contributed by atoms with Crippen molar-refractivity contribution in [2.24, 2.45) is 0 Å². The van der Waals surface area contributed by atoms with Gasteiger partial charge in [0.15, 0.2) is 0 Å². The Hall–Kier alpha value is -2.16. The Morgan fingerprint density at radius 1 is 1.24 bits per heavy atom. The monoisotopic (exact) mass is 442 g/mol. The fourth-order valence-corrected chi connectivity index (χ4v) is 4.53. The summed E-state index contributed by atoms with van der Waals surface area (Å²) in [5.74, 6) is -0.901. The molecule has 1 N–H and O–H groups in total. The standard InChI is InChI=1S/C20H24ClFN2O4S/c1-20(2,3)23-29(26,27)18-11-13(9-10-17(18)28-5)19(25)24(4)12-14-15(21)7-6-8-16(14)22/h6-11,23H,12H2,1-5H3. The number of methoxy groups -OCH3 is 1. The maximum atomic E-state index is 14.0. The van der Waals surface area contributed by atoms with E-state index in [1.54, 1.807) is 20.8 Å². The van der Waals surface area contributed by atoms with Gasteiger partial charge in [-0.1, -0.05) is 17.7 Å². The first-order valence-corrected chi connectivity index (χ1v) is 10.6. The first-order chi connectivity index (χ1) is 13.4. The van der Waals surface area contributed by atoms with E-state index in [9.17, 15) is 17.6 Å². The molecule has 0 aliphatic heterocycles. The minimum atomic E-state index is -3.94. The average molecular weight is 443 g/mol. The van der Waals surface area contributed by atoms with Crippen LogP contribution in [0.1, 0.15) is 36.7 Å². The predicted octanol–water partition coefficient (Wildman–Crippen LogP) is 3.84. The number of hydrogen-bond acceptors (Lipinski definition) is 4. The van der Waals surface area contributed by atoms with Crippen LogP contribution in [0.4, 0.5) is 4.39 Å². The number of rotatable bonds is 6. The Morgan fingerprint density at radius 2 is 1.90 bits per heavy atom. The Balaban J connectivity index is 2.38. The maximum absolute atomic E-state index is 14.0. The van der Waals surface area contributed by atoms with Gasteiger partial charge in [-0.25, -0.2) is 17.5 Å². The van der Waals surface area contributed by atoms with Gasteiger partial charge in [-0.05, 0) is 51.1 Å². The number of benzene rings is 2. The largest absolute Gasteiger partial charge is 0.495 e. The van der Waals surface area contributed by atoms with Gasteiger partial charge in [0, 0.05) is 35.3 Å². The van der Waals surface area contributed by atoms with E-state index >= 15 is 0 Å². The average Bonchev–Trinajstić information content (AvgIpc) is 2.61. The van der Waals surface area contributed by atoms with Crippen molar-refractivity contribution in [3.63, 3.8) is 0 Å². The number of hydrogen-bond donors (Lipinski definition) is 1. The molecule has 0 radical (unpaired) electrons. The third kappa shape index (κ3) is 5.68. The number of nitrogens with one attached hydrogen (secondary N) is 1. The first-order valence-electron chi connectivity index (χ1n) is 8.76. The highest BCUT2D eigenvalue weighted by molar-refractivity contribution is 7.89. The van der Waals surface area contributed by atoms with Gasteiger partial charge in [-0.15, -0.1) is 0 Å². The lowest BCUT2D eigenvalue weighted by molar-refractivity contribution is 0.0783. The molecule has 0 aromatic heterocycles. The number of amides is 1. The van der Waals surface area contributed by atoms with Gasteiger partial charge < -0.3 is 9.64 Å². The topological polar surface area (TPSA) is 75.7 Å². The number of nitrogens with zero attached hydrogens (tertiary/aromatic N) is 1. The normalized spacial score (nSPS) is 12.0. The molecule has 0 aliphatic rings. The van der Waals surface area contributed by atoms with Crippen molar-refractivity contribution in [3.8, 4) is 5.75 Å². The molecule has 1 amide bonds. The van der Waals surface area contributed by atoms with Crippen molar-refractivity contribution < 1.29 is 22.3 Å². The van der Waals surface area contributed by atoms with Crippen LogP contribution in [0.15, 0.2) is 41.3 Å². The van der Waals surface area contributed by atoms with Crippen LogP contribution in [0.2, 0.25) is 5.02 Å². The Morgan fingerprint density at radius 3 is 2.45 bits per heavy atom. The summed E-state index contributed by atoms with van der Waals surface area (Å²) in [5, 5.41) is 0.206. The van der Waals surface area contributed by atoms with Crippen LogP contribution < -0.4 is 9.46 Å². The summed E-state index contributed by atoms with van der Waals surface area (Å²) in [5.41, 5.74) is -0.418. The van der Waals surface area contributed by atoms with Crippen LogP contribution in [0.3, 0.4) is 0 Å². The Kier molecular flexibility index (Phi) is 6.93. The van der Waals surface area contributed by atoms with Crippen molar-refractivity contribution in [1.29, 1.82) is 0 Å². The molecular formula is C20H24ClFN2O4S. The molecule has 29 heavy (non-hydrogen) atoms. The summed E-state index contributed by atoms with van der Waals surface area (Å²) in [6.07, 6.45) is 0. The predicted molar refractivity (Wildman–Crippen MR) is 110 cm³/mol. The smallest absolute Gasteiger partial charge is 0.253 e. The molecule has 0 unspecified atom stereocenters. The third-order valence-electron chi connectivity index (χ3n) is 3.94. The van der Waals surface area contributed by atoms with E-state index < -0.39 is 27.3 Å². The summed E-state index contributed by atoms with van der Waals surface area (Å²) in [6.45, 7) is 5.05. The van der Waals surface area contributed by atoms with Crippen LogP contribution in [-0.2, 0) is 16.6 Å². The Labute approximate surface area is 175 Å². The fourth-order valence-electron chi connectivity index (χ4n) is 2.69. The summed E-state index contributed by atoms with van der Waals surface area (Å²) in [4.78, 5) is 13.9.